The Morgan fingerprint density at radius 3 is 2.08 bits per heavy atom. The van der Waals surface area contributed by atoms with Crippen molar-refractivity contribution in [3.05, 3.63) is 0 Å². The van der Waals surface area contributed by atoms with Crippen LogP contribution in [-0.4, -0.2) is 21.9 Å². The van der Waals surface area contributed by atoms with Gasteiger partial charge < -0.3 is 9.84 Å². The van der Waals surface area contributed by atoms with Gasteiger partial charge in [-0.05, 0) is 32.6 Å². The fourth-order valence-electron chi connectivity index (χ4n) is 2.88. The molecule has 2 fully saturated rings. The lowest BCUT2D eigenvalue weighted by Gasteiger charge is -2.36. The van der Waals surface area contributed by atoms with E-state index in [0.717, 1.165) is 19.3 Å². The quantitative estimate of drug-likeness (QED) is 0.676. The van der Waals surface area contributed by atoms with Gasteiger partial charge in [-0.1, -0.05) is 13.8 Å². The fourth-order valence-corrected chi connectivity index (χ4v) is 2.88. The maximum absolute atomic E-state index is 10.2. The molecule has 0 spiro atoms. The summed E-state index contributed by atoms with van der Waals surface area (Å²) in [6.07, 6.45) is 2.91. The summed E-state index contributed by atoms with van der Waals surface area (Å²) in [5.74, 6) is 0.503. The Bertz CT molecular complexity index is 230. The smallest absolute Gasteiger partial charge is 0.0947 e. The molecule has 2 bridgehead atoms. The Labute approximate surface area is 80.3 Å². The molecule has 1 N–H and O–H groups in total. The molecule has 0 aliphatic carbocycles. The molecule has 2 nitrogen and oxygen atoms in total. The van der Waals surface area contributed by atoms with Crippen LogP contribution in [0.15, 0.2) is 0 Å². The molecule has 2 rings (SSSR count). The zero-order valence-electron chi connectivity index (χ0n) is 9.05. The van der Waals surface area contributed by atoms with Crippen LogP contribution in [0, 0.1) is 5.92 Å². The molecular weight excluding hydrogens is 164 g/mol. The maximum Gasteiger partial charge on any atom is 0.0947 e. The van der Waals surface area contributed by atoms with Crippen LogP contribution in [0.5, 0.6) is 0 Å². The molecule has 3 atom stereocenters. The Balaban J connectivity index is 2.33. The molecule has 13 heavy (non-hydrogen) atoms. The molecule has 2 heterocycles. The van der Waals surface area contributed by atoms with Crippen molar-refractivity contribution in [3.63, 3.8) is 0 Å². The first-order valence-electron chi connectivity index (χ1n) is 5.24. The first-order valence-corrected chi connectivity index (χ1v) is 5.24. The number of fused-ring (bicyclic) bond motifs is 2. The fraction of sp³-hybridized carbons (Fsp3) is 1.00. The van der Waals surface area contributed by atoms with E-state index in [1.165, 1.54) is 0 Å². The average molecular weight is 184 g/mol. The summed E-state index contributed by atoms with van der Waals surface area (Å²) in [4.78, 5) is 0. The lowest BCUT2D eigenvalue weighted by atomic mass is 9.69. The summed E-state index contributed by atoms with van der Waals surface area (Å²) < 4.78 is 6.07. The SMILES string of the molecule is CC(C)[C@]12CC[C@@](C)(O1)[C@](C)(O)C2. The zero-order valence-corrected chi connectivity index (χ0v) is 9.05. The van der Waals surface area contributed by atoms with Crippen LogP contribution in [0.1, 0.15) is 47.0 Å². The highest BCUT2D eigenvalue weighted by Gasteiger charge is 2.65. The van der Waals surface area contributed by atoms with E-state index in [4.69, 9.17) is 4.74 Å². The Kier molecular flexibility index (Phi) is 1.67. The summed E-state index contributed by atoms with van der Waals surface area (Å²) >= 11 is 0. The van der Waals surface area contributed by atoms with Gasteiger partial charge in [0.15, 0.2) is 0 Å². The van der Waals surface area contributed by atoms with Crippen LogP contribution in [0.2, 0.25) is 0 Å². The minimum Gasteiger partial charge on any atom is -0.387 e. The first kappa shape index (κ1) is 9.47. The molecule has 0 aromatic heterocycles. The van der Waals surface area contributed by atoms with Gasteiger partial charge in [-0.2, -0.15) is 0 Å². The summed E-state index contributed by atoms with van der Waals surface area (Å²) in [5.41, 5.74) is -0.967. The van der Waals surface area contributed by atoms with Crippen LogP contribution >= 0.6 is 0 Å². The minimum absolute atomic E-state index is 0.0434. The highest BCUT2D eigenvalue weighted by atomic mass is 16.6. The van der Waals surface area contributed by atoms with Crippen molar-refractivity contribution in [3.8, 4) is 0 Å². The van der Waals surface area contributed by atoms with Crippen molar-refractivity contribution in [1.82, 2.24) is 0 Å². The van der Waals surface area contributed by atoms with Gasteiger partial charge in [0, 0.05) is 6.42 Å². The van der Waals surface area contributed by atoms with E-state index in [1.807, 2.05) is 13.8 Å². The topological polar surface area (TPSA) is 29.5 Å². The van der Waals surface area contributed by atoms with E-state index in [-0.39, 0.29) is 11.2 Å². The van der Waals surface area contributed by atoms with E-state index in [2.05, 4.69) is 13.8 Å². The second-order valence-electron chi connectivity index (χ2n) is 5.50. The van der Waals surface area contributed by atoms with Crippen molar-refractivity contribution in [2.24, 2.45) is 5.92 Å². The third-order valence-electron chi connectivity index (χ3n) is 4.29. The summed E-state index contributed by atoms with van der Waals surface area (Å²) in [6, 6.07) is 0. The predicted octanol–water partition coefficient (Wildman–Crippen LogP) is 2.11. The van der Waals surface area contributed by atoms with Crippen LogP contribution in [-0.2, 0) is 4.74 Å². The zero-order chi connectivity index (χ0) is 9.91. The highest BCUT2D eigenvalue weighted by Crippen LogP contribution is 2.58. The summed E-state index contributed by atoms with van der Waals surface area (Å²) in [7, 11) is 0. The molecule has 2 saturated heterocycles. The molecule has 0 radical (unpaired) electrons. The molecule has 2 aliphatic rings. The van der Waals surface area contributed by atoms with Crippen LogP contribution in [0.25, 0.3) is 0 Å². The van der Waals surface area contributed by atoms with Crippen LogP contribution in [0.4, 0.5) is 0 Å². The molecular formula is C11H20O2. The van der Waals surface area contributed by atoms with Gasteiger partial charge in [0.1, 0.15) is 0 Å². The Morgan fingerprint density at radius 2 is 1.85 bits per heavy atom. The lowest BCUT2D eigenvalue weighted by molar-refractivity contribution is -0.108. The van der Waals surface area contributed by atoms with Crippen LogP contribution in [0.3, 0.4) is 0 Å². The summed E-state index contributed by atoms with van der Waals surface area (Å²) in [5, 5.41) is 10.2. The van der Waals surface area contributed by atoms with Crippen molar-refractivity contribution in [2.75, 3.05) is 0 Å². The number of hydrogen-bond donors (Lipinski definition) is 1. The van der Waals surface area contributed by atoms with Gasteiger partial charge in [0.05, 0.1) is 16.8 Å². The molecule has 0 amide bonds. The van der Waals surface area contributed by atoms with E-state index < -0.39 is 5.60 Å². The molecule has 0 aromatic rings. The third kappa shape index (κ3) is 1.02. The van der Waals surface area contributed by atoms with Gasteiger partial charge in [-0.15, -0.1) is 0 Å². The Hall–Kier alpha value is -0.0800. The number of rotatable bonds is 1. The maximum atomic E-state index is 10.2. The highest BCUT2D eigenvalue weighted by molar-refractivity contribution is 5.15. The normalized spacial score (nSPS) is 54.9. The predicted molar refractivity (Wildman–Crippen MR) is 51.5 cm³/mol. The van der Waals surface area contributed by atoms with E-state index >= 15 is 0 Å². The second-order valence-corrected chi connectivity index (χ2v) is 5.50. The van der Waals surface area contributed by atoms with E-state index in [1.54, 1.807) is 0 Å². The third-order valence-corrected chi connectivity index (χ3v) is 4.29. The van der Waals surface area contributed by atoms with Crippen molar-refractivity contribution in [1.29, 1.82) is 0 Å². The van der Waals surface area contributed by atoms with Crippen molar-refractivity contribution >= 4 is 0 Å². The van der Waals surface area contributed by atoms with Gasteiger partial charge in [0.2, 0.25) is 0 Å². The standard InChI is InChI=1S/C11H20O2/c1-8(2)11-6-5-10(4,13-11)9(3,12)7-11/h8,12H,5-7H2,1-4H3/t9-,10-,11-/m1/s1. The van der Waals surface area contributed by atoms with Gasteiger partial charge >= 0.3 is 0 Å². The molecule has 0 saturated carbocycles. The van der Waals surface area contributed by atoms with Crippen LogP contribution < -0.4 is 0 Å². The Morgan fingerprint density at radius 1 is 1.23 bits per heavy atom. The molecule has 2 aliphatic heterocycles. The molecule has 0 unspecified atom stereocenters. The van der Waals surface area contributed by atoms with Crippen molar-refractivity contribution in [2.45, 2.75) is 63.8 Å². The van der Waals surface area contributed by atoms with Crippen molar-refractivity contribution < 1.29 is 9.84 Å². The lowest BCUT2D eigenvalue weighted by Crippen LogP contribution is -2.47. The van der Waals surface area contributed by atoms with Gasteiger partial charge in [0.25, 0.3) is 0 Å². The monoisotopic (exact) mass is 184 g/mol. The molecule has 76 valence electrons. The largest absolute Gasteiger partial charge is 0.387 e. The number of hydrogen-bond acceptors (Lipinski definition) is 2. The average Bonchev–Trinajstić information content (AvgIpc) is 2.37. The van der Waals surface area contributed by atoms with E-state index in [9.17, 15) is 5.11 Å². The number of ether oxygens (including phenoxy) is 1. The first-order chi connectivity index (χ1) is 5.81. The minimum atomic E-state index is -0.629. The number of aliphatic hydroxyl groups is 1. The molecule has 0 aromatic carbocycles. The van der Waals surface area contributed by atoms with Gasteiger partial charge in [-0.25, -0.2) is 0 Å². The molecule has 2 heteroatoms. The summed E-state index contributed by atoms with van der Waals surface area (Å²) in [6.45, 7) is 8.33. The van der Waals surface area contributed by atoms with E-state index in [0.29, 0.717) is 5.92 Å². The second kappa shape index (κ2) is 2.29. The van der Waals surface area contributed by atoms with Gasteiger partial charge in [-0.3, -0.25) is 0 Å².